The van der Waals surface area contributed by atoms with Crippen LogP contribution in [0.4, 0.5) is 17.5 Å². The molecule has 2 aromatic heterocycles. The van der Waals surface area contributed by atoms with E-state index in [1.807, 2.05) is 42.8 Å². The van der Waals surface area contributed by atoms with E-state index in [4.69, 9.17) is 5.11 Å². The SMILES string of the molecule is Cc1ccc(Nc2nc(NCCO)nc3c2ncn3C)cc1. The number of rotatable bonds is 5. The van der Waals surface area contributed by atoms with Crippen LogP contribution >= 0.6 is 0 Å². The summed E-state index contributed by atoms with van der Waals surface area (Å²) in [4.78, 5) is 13.2. The van der Waals surface area contributed by atoms with Crippen LogP contribution < -0.4 is 10.6 Å². The van der Waals surface area contributed by atoms with Crippen LogP contribution in [-0.4, -0.2) is 37.8 Å². The summed E-state index contributed by atoms with van der Waals surface area (Å²) < 4.78 is 1.83. The Balaban J connectivity index is 2.00. The van der Waals surface area contributed by atoms with Crippen LogP contribution in [0.15, 0.2) is 30.6 Å². The minimum Gasteiger partial charge on any atom is -0.395 e. The Morgan fingerprint density at radius 1 is 1.18 bits per heavy atom. The van der Waals surface area contributed by atoms with E-state index in [9.17, 15) is 0 Å². The monoisotopic (exact) mass is 298 g/mol. The van der Waals surface area contributed by atoms with Gasteiger partial charge < -0.3 is 20.3 Å². The number of hydrogen-bond acceptors (Lipinski definition) is 6. The molecule has 7 heteroatoms. The predicted molar refractivity (Wildman–Crippen MR) is 86.3 cm³/mol. The fourth-order valence-electron chi connectivity index (χ4n) is 2.11. The van der Waals surface area contributed by atoms with Crippen LogP contribution in [0.1, 0.15) is 5.56 Å². The fourth-order valence-corrected chi connectivity index (χ4v) is 2.11. The number of fused-ring (bicyclic) bond motifs is 1. The highest BCUT2D eigenvalue weighted by atomic mass is 16.3. The third-order valence-corrected chi connectivity index (χ3v) is 3.27. The Kier molecular flexibility index (Phi) is 3.88. The normalized spacial score (nSPS) is 10.9. The summed E-state index contributed by atoms with van der Waals surface area (Å²) in [5.74, 6) is 1.09. The van der Waals surface area contributed by atoms with Crippen molar-refractivity contribution in [2.24, 2.45) is 7.05 Å². The maximum Gasteiger partial charge on any atom is 0.226 e. The lowest BCUT2D eigenvalue weighted by Gasteiger charge is -2.09. The van der Waals surface area contributed by atoms with Gasteiger partial charge in [0.05, 0.1) is 12.9 Å². The number of hydrogen-bond donors (Lipinski definition) is 3. The van der Waals surface area contributed by atoms with E-state index < -0.39 is 0 Å². The summed E-state index contributed by atoms with van der Waals surface area (Å²) in [6.07, 6.45) is 1.70. The molecular weight excluding hydrogens is 280 g/mol. The maximum atomic E-state index is 8.93. The standard InChI is InChI=1S/C15H18N6O/c1-10-3-5-11(6-4-10)18-13-12-14(21(2)9-17-12)20-15(19-13)16-7-8-22/h3-6,9,22H,7-8H2,1-2H3,(H2,16,18,19,20). The molecule has 0 fully saturated rings. The first-order valence-corrected chi connectivity index (χ1v) is 7.05. The predicted octanol–water partition coefficient (Wildman–Crippen LogP) is 1.82. The number of aliphatic hydroxyl groups is 1. The molecule has 0 radical (unpaired) electrons. The van der Waals surface area contributed by atoms with Gasteiger partial charge in [0.2, 0.25) is 5.95 Å². The average Bonchev–Trinajstić information content (AvgIpc) is 2.89. The van der Waals surface area contributed by atoms with Crippen molar-refractivity contribution in [1.29, 1.82) is 0 Å². The van der Waals surface area contributed by atoms with E-state index in [0.717, 1.165) is 11.3 Å². The Labute approximate surface area is 128 Å². The molecule has 0 saturated heterocycles. The molecule has 0 amide bonds. The summed E-state index contributed by atoms with van der Waals surface area (Å²) in [6, 6.07) is 8.05. The Hall–Kier alpha value is -2.67. The van der Waals surface area contributed by atoms with Gasteiger partial charge in [-0.25, -0.2) is 4.98 Å². The second-order valence-corrected chi connectivity index (χ2v) is 5.06. The molecule has 0 spiro atoms. The number of aryl methyl sites for hydroxylation is 2. The number of aromatic nitrogens is 4. The lowest BCUT2D eigenvalue weighted by atomic mass is 10.2. The van der Waals surface area contributed by atoms with Crippen molar-refractivity contribution in [1.82, 2.24) is 19.5 Å². The van der Waals surface area contributed by atoms with Crippen molar-refractivity contribution in [3.05, 3.63) is 36.2 Å². The Morgan fingerprint density at radius 2 is 1.95 bits per heavy atom. The molecule has 3 rings (SSSR count). The lowest BCUT2D eigenvalue weighted by Crippen LogP contribution is -2.10. The second kappa shape index (κ2) is 5.98. The van der Waals surface area contributed by atoms with Gasteiger partial charge >= 0.3 is 0 Å². The number of anilines is 3. The zero-order valence-electron chi connectivity index (χ0n) is 12.5. The highest BCUT2D eigenvalue weighted by Gasteiger charge is 2.12. The Bertz CT molecular complexity index is 781. The molecule has 1 aromatic carbocycles. The summed E-state index contributed by atoms with van der Waals surface area (Å²) >= 11 is 0. The van der Waals surface area contributed by atoms with Gasteiger partial charge in [-0.2, -0.15) is 9.97 Å². The first-order chi connectivity index (χ1) is 10.7. The van der Waals surface area contributed by atoms with E-state index in [1.54, 1.807) is 6.33 Å². The summed E-state index contributed by atoms with van der Waals surface area (Å²) in [5.41, 5.74) is 3.56. The molecular formula is C15H18N6O. The molecule has 22 heavy (non-hydrogen) atoms. The smallest absolute Gasteiger partial charge is 0.226 e. The number of benzene rings is 1. The summed E-state index contributed by atoms with van der Waals surface area (Å²) in [7, 11) is 1.88. The zero-order valence-corrected chi connectivity index (χ0v) is 12.5. The number of nitrogens with one attached hydrogen (secondary N) is 2. The molecule has 0 aliphatic carbocycles. The largest absolute Gasteiger partial charge is 0.395 e. The third kappa shape index (κ3) is 2.84. The molecule has 7 nitrogen and oxygen atoms in total. The van der Waals surface area contributed by atoms with Crippen LogP contribution in [0.5, 0.6) is 0 Å². The van der Waals surface area contributed by atoms with Gasteiger partial charge in [0.15, 0.2) is 17.0 Å². The molecule has 0 unspecified atom stereocenters. The van der Waals surface area contributed by atoms with Crippen LogP contribution in [0.2, 0.25) is 0 Å². The molecule has 0 atom stereocenters. The van der Waals surface area contributed by atoms with Crippen LogP contribution in [0, 0.1) is 6.92 Å². The van der Waals surface area contributed by atoms with E-state index in [-0.39, 0.29) is 6.61 Å². The molecule has 0 saturated carbocycles. The van der Waals surface area contributed by atoms with Crippen molar-refractivity contribution in [2.45, 2.75) is 6.92 Å². The molecule has 114 valence electrons. The van der Waals surface area contributed by atoms with Crippen LogP contribution in [0.3, 0.4) is 0 Å². The van der Waals surface area contributed by atoms with Gasteiger partial charge in [0.1, 0.15) is 0 Å². The molecule has 3 N–H and O–H groups in total. The molecule has 3 aromatic rings. The maximum absolute atomic E-state index is 8.93. The first kappa shape index (κ1) is 14.3. The van der Waals surface area contributed by atoms with Gasteiger partial charge in [-0.15, -0.1) is 0 Å². The minimum absolute atomic E-state index is 0.0213. The first-order valence-electron chi connectivity index (χ1n) is 7.05. The minimum atomic E-state index is 0.0213. The quantitative estimate of drug-likeness (QED) is 0.666. The van der Waals surface area contributed by atoms with Crippen molar-refractivity contribution in [2.75, 3.05) is 23.8 Å². The van der Waals surface area contributed by atoms with E-state index >= 15 is 0 Å². The van der Waals surface area contributed by atoms with Crippen LogP contribution in [-0.2, 0) is 7.05 Å². The number of aliphatic hydroxyl groups excluding tert-OH is 1. The van der Waals surface area contributed by atoms with Gasteiger partial charge in [0, 0.05) is 19.3 Å². The van der Waals surface area contributed by atoms with Crippen molar-refractivity contribution in [3.8, 4) is 0 Å². The van der Waals surface area contributed by atoms with Crippen molar-refractivity contribution < 1.29 is 5.11 Å². The van der Waals surface area contributed by atoms with Gasteiger partial charge in [0.25, 0.3) is 0 Å². The fraction of sp³-hybridized carbons (Fsp3) is 0.267. The topological polar surface area (TPSA) is 87.9 Å². The number of imidazole rings is 1. The van der Waals surface area contributed by atoms with Gasteiger partial charge in [-0.05, 0) is 19.1 Å². The third-order valence-electron chi connectivity index (χ3n) is 3.27. The second-order valence-electron chi connectivity index (χ2n) is 5.06. The van der Waals surface area contributed by atoms with Crippen LogP contribution in [0.25, 0.3) is 11.2 Å². The average molecular weight is 298 g/mol. The number of nitrogens with zero attached hydrogens (tertiary/aromatic N) is 4. The van der Waals surface area contributed by atoms with Crippen molar-refractivity contribution >= 4 is 28.6 Å². The summed E-state index contributed by atoms with van der Waals surface area (Å²) in [5, 5.41) is 15.2. The highest BCUT2D eigenvalue weighted by Crippen LogP contribution is 2.23. The lowest BCUT2D eigenvalue weighted by molar-refractivity contribution is 0.311. The molecule has 0 aliphatic heterocycles. The Morgan fingerprint density at radius 3 is 2.68 bits per heavy atom. The molecule has 0 bridgehead atoms. The summed E-state index contributed by atoms with van der Waals surface area (Å²) in [6.45, 7) is 2.46. The van der Waals surface area contributed by atoms with E-state index in [2.05, 4.69) is 25.6 Å². The van der Waals surface area contributed by atoms with E-state index in [0.29, 0.717) is 23.8 Å². The molecule has 0 aliphatic rings. The van der Waals surface area contributed by atoms with Crippen molar-refractivity contribution in [3.63, 3.8) is 0 Å². The van der Waals surface area contributed by atoms with Gasteiger partial charge in [-0.3, -0.25) is 0 Å². The zero-order chi connectivity index (χ0) is 15.5. The highest BCUT2D eigenvalue weighted by molar-refractivity contribution is 5.86. The van der Waals surface area contributed by atoms with E-state index in [1.165, 1.54) is 5.56 Å². The van der Waals surface area contributed by atoms with Gasteiger partial charge in [-0.1, -0.05) is 17.7 Å². The molecule has 2 heterocycles.